The summed E-state index contributed by atoms with van der Waals surface area (Å²) in [7, 11) is 1.73. The van der Waals surface area contributed by atoms with Gasteiger partial charge in [0.15, 0.2) is 0 Å². The van der Waals surface area contributed by atoms with Gasteiger partial charge in [0.2, 0.25) is 0 Å². The number of nitrogens with one attached hydrogen (secondary N) is 1. The van der Waals surface area contributed by atoms with E-state index in [9.17, 15) is 0 Å². The van der Waals surface area contributed by atoms with E-state index < -0.39 is 0 Å². The fourth-order valence-electron chi connectivity index (χ4n) is 4.11. The van der Waals surface area contributed by atoms with Crippen molar-refractivity contribution >= 4 is 16.6 Å². The van der Waals surface area contributed by atoms with E-state index in [4.69, 9.17) is 4.74 Å². The molecule has 3 heteroatoms. The maximum Gasteiger partial charge on any atom is 0.128 e. The Labute approximate surface area is 152 Å². The second-order valence-corrected chi connectivity index (χ2v) is 6.89. The van der Waals surface area contributed by atoms with Crippen LogP contribution < -0.4 is 10.1 Å². The molecule has 1 N–H and O–H groups in total. The molecule has 0 saturated heterocycles. The summed E-state index contributed by atoms with van der Waals surface area (Å²) in [4.78, 5) is 0. The topological polar surface area (TPSA) is 26.2 Å². The Morgan fingerprint density at radius 2 is 1.65 bits per heavy atom. The van der Waals surface area contributed by atoms with E-state index in [0.29, 0.717) is 0 Å². The van der Waals surface area contributed by atoms with E-state index in [1.807, 2.05) is 6.07 Å². The fourth-order valence-corrected chi connectivity index (χ4v) is 4.11. The molecule has 1 unspecified atom stereocenters. The van der Waals surface area contributed by atoms with Crippen molar-refractivity contribution < 1.29 is 4.74 Å². The summed E-state index contributed by atoms with van der Waals surface area (Å²) in [6.07, 6.45) is 0. The lowest BCUT2D eigenvalue weighted by atomic mass is 9.86. The third-order valence-corrected chi connectivity index (χ3v) is 5.42. The van der Waals surface area contributed by atoms with Gasteiger partial charge in [0.1, 0.15) is 11.3 Å². The van der Waals surface area contributed by atoms with Gasteiger partial charge in [0.25, 0.3) is 0 Å². The minimum Gasteiger partial charge on any atom is -0.496 e. The Balaban J connectivity index is 1.90. The summed E-state index contributed by atoms with van der Waals surface area (Å²) in [5, 5.41) is 4.91. The van der Waals surface area contributed by atoms with E-state index >= 15 is 0 Å². The van der Waals surface area contributed by atoms with Gasteiger partial charge in [-0.1, -0.05) is 48.5 Å². The first-order valence-corrected chi connectivity index (χ1v) is 8.84. The average Bonchev–Trinajstić information content (AvgIpc) is 3.10. The molecule has 1 aromatic heterocycles. The molecule has 5 rings (SSSR count). The molecule has 128 valence electrons. The molecule has 0 saturated carbocycles. The lowest BCUT2D eigenvalue weighted by molar-refractivity contribution is 0.420. The predicted octanol–water partition coefficient (Wildman–Crippen LogP) is 5.33. The first kappa shape index (κ1) is 15.1. The van der Waals surface area contributed by atoms with Crippen LogP contribution in [0.25, 0.3) is 16.6 Å². The van der Waals surface area contributed by atoms with Crippen LogP contribution in [0.15, 0.2) is 78.9 Å². The fraction of sp³-hybridized carbons (Fsp3) is 0.130. The second kappa shape index (κ2) is 5.40. The maximum atomic E-state index is 5.63. The van der Waals surface area contributed by atoms with Crippen LogP contribution in [0.4, 0.5) is 5.69 Å². The van der Waals surface area contributed by atoms with Crippen molar-refractivity contribution in [1.29, 1.82) is 0 Å². The monoisotopic (exact) mass is 340 g/mol. The minimum absolute atomic E-state index is 0.334. The molecule has 0 bridgehead atoms. The lowest BCUT2D eigenvalue weighted by Crippen LogP contribution is -2.38. The largest absolute Gasteiger partial charge is 0.496 e. The van der Waals surface area contributed by atoms with E-state index in [1.165, 1.54) is 16.9 Å². The van der Waals surface area contributed by atoms with E-state index in [-0.39, 0.29) is 5.54 Å². The summed E-state index contributed by atoms with van der Waals surface area (Å²) in [5.74, 6) is 0.900. The molecule has 2 heterocycles. The van der Waals surface area contributed by atoms with Gasteiger partial charge in [-0.3, -0.25) is 0 Å². The van der Waals surface area contributed by atoms with Gasteiger partial charge >= 0.3 is 0 Å². The van der Waals surface area contributed by atoms with Gasteiger partial charge in [0, 0.05) is 5.39 Å². The molecule has 1 aliphatic rings. The number of hydrogen-bond donors (Lipinski definition) is 1. The van der Waals surface area contributed by atoms with Crippen LogP contribution in [0.2, 0.25) is 0 Å². The van der Waals surface area contributed by atoms with E-state index in [0.717, 1.165) is 22.3 Å². The van der Waals surface area contributed by atoms with Crippen molar-refractivity contribution in [3.8, 4) is 11.4 Å². The van der Waals surface area contributed by atoms with Crippen LogP contribution in [0.5, 0.6) is 5.75 Å². The van der Waals surface area contributed by atoms with Gasteiger partial charge in [-0.2, -0.15) is 0 Å². The van der Waals surface area contributed by atoms with Gasteiger partial charge in [0.05, 0.1) is 29.7 Å². The Hall–Kier alpha value is -3.20. The summed E-state index contributed by atoms with van der Waals surface area (Å²) in [5.41, 5.74) is 5.57. The van der Waals surface area contributed by atoms with Crippen molar-refractivity contribution in [1.82, 2.24) is 4.57 Å². The third kappa shape index (κ3) is 1.94. The molecule has 0 aliphatic carbocycles. The van der Waals surface area contributed by atoms with Crippen molar-refractivity contribution in [2.45, 2.75) is 12.5 Å². The molecule has 3 aromatic carbocycles. The number of nitrogens with zero attached hydrogens (tertiary/aromatic N) is 1. The normalized spacial score (nSPS) is 18.1. The molecule has 1 aliphatic heterocycles. The smallest absolute Gasteiger partial charge is 0.128 e. The molecule has 4 aromatic rings. The summed E-state index contributed by atoms with van der Waals surface area (Å²) in [6, 6.07) is 27.6. The molecule has 0 fully saturated rings. The zero-order valence-electron chi connectivity index (χ0n) is 14.9. The number of ether oxygens (including phenoxy) is 1. The second-order valence-electron chi connectivity index (χ2n) is 6.89. The number of methoxy groups -OCH3 is 1. The summed E-state index contributed by atoms with van der Waals surface area (Å²) in [6.45, 7) is 2.25. The zero-order valence-corrected chi connectivity index (χ0v) is 14.9. The number of aromatic nitrogens is 1. The highest BCUT2D eigenvalue weighted by Crippen LogP contribution is 2.45. The molecule has 0 spiro atoms. The quantitative estimate of drug-likeness (QED) is 0.534. The molecule has 0 radical (unpaired) electrons. The number of anilines is 1. The van der Waals surface area contributed by atoms with Crippen molar-refractivity contribution in [2.75, 3.05) is 12.4 Å². The Bertz CT molecular complexity index is 1110. The zero-order chi connectivity index (χ0) is 17.7. The highest BCUT2D eigenvalue weighted by Gasteiger charge is 2.37. The van der Waals surface area contributed by atoms with Crippen LogP contribution in [0.1, 0.15) is 18.2 Å². The highest BCUT2D eigenvalue weighted by molar-refractivity contribution is 5.91. The predicted molar refractivity (Wildman–Crippen MR) is 106 cm³/mol. The standard InChI is InChI=1S/C23H20N2O/c1-23(16-9-4-3-5-10-16)22-15-17-19(13-8-14-21(17)26-2)25(22)20-12-7-6-11-18(20)24-23/h3-15,24H,1-2H3. The first-order valence-electron chi connectivity index (χ1n) is 8.84. The SMILES string of the molecule is COc1cccc2c1cc1n2-c2ccccc2NC1(C)c1ccccc1. The maximum absolute atomic E-state index is 5.63. The Morgan fingerprint density at radius 3 is 2.46 bits per heavy atom. The van der Waals surface area contributed by atoms with E-state index in [2.05, 4.69) is 89.6 Å². The number of para-hydroxylation sites is 2. The number of benzene rings is 3. The minimum atomic E-state index is -0.334. The van der Waals surface area contributed by atoms with E-state index in [1.54, 1.807) is 7.11 Å². The van der Waals surface area contributed by atoms with Crippen molar-refractivity contribution in [3.05, 3.63) is 90.1 Å². The van der Waals surface area contributed by atoms with Gasteiger partial charge in [-0.15, -0.1) is 0 Å². The third-order valence-electron chi connectivity index (χ3n) is 5.42. The first-order chi connectivity index (χ1) is 12.7. The van der Waals surface area contributed by atoms with Crippen LogP contribution in [0.3, 0.4) is 0 Å². The average molecular weight is 340 g/mol. The number of hydrogen-bond acceptors (Lipinski definition) is 2. The van der Waals surface area contributed by atoms with Gasteiger partial charge < -0.3 is 14.6 Å². The Kier molecular flexibility index (Phi) is 3.13. The van der Waals surface area contributed by atoms with Crippen LogP contribution in [-0.2, 0) is 5.54 Å². The number of fused-ring (bicyclic) bond motifs is 5. The molecule has 3 nitrogen and oxygen atoms in total. The van der Waals surface area contributed by atoms with Gasteiger partial charge in [-0.05, 0) is 42.8 Å². The van der Waals surface area contributed by atoms with Gasteiger partial charge in [-0.25, -0.2) is 0 Å². The van der Waals surface area contributed by atoms with Crippen LogP contribution in [0, 0.1) is 0 Å². The number of rotatable bonds is 2. The molecule has 0 amide bonds. The molecular weight excluding hydrogens is 320 g/mol. The molecule has 1 atom stereocenters. The van der Waals surface area contributed by atoms with Crippen LogP contribution >= 0.6 is 0 Å². The van der Waals surface area contributed by atoms with Crippen LogP contribution in [-0.4, -0.2) is 11.7 Å². The molecule has 26 heavy (non-hydrogen) atoms. The summed E-state index contributed by atoms with van der Waals surface area (Å²) < 4.78 is 7.99. The highest BCUT2D eigenvalue weighted by atomic mass is 16.5. The Morgan fingerprint density at radius 1 is 0.885 bits per heavy atom. The lowest BCUT2D eigenvalue weighted by Gasteiger charge is -2.39. The van der Waals surface area contributed by atoms with Crippen molar-refractivity contribution in [2.24, 2.45) is 0 Å². The summed E-state index contributed by atoms with van der Waals surface area (Å²) >= 11 is 0. The van der Waals surface area contributed by atoms with Crippen molar-refractivity contribution in [3.63, 3.8) is 0 Å². The molecular formula is C23H20N2O.